The zero-order chi connectivity index (χ0) is 11.3. The fourth-order valence-electron chi connectivity index (χ4n) is 0.828. The van der Waals surface area contributed by atoms with E-state index in [0.717, 1.165) is 0 Å². The minimum atomic E-state index is -0.138. The summed E-state index contributed by atoms with van der Waals surface area (Å²) in [7, 11) is 3.07. The molecule has 0 fully saturated rings. The topological polar surface area (TPSA) is 76.1 Å². The monoisotopic (exact) mass is 274 g/mol. The number of nitrogens with one attached hydrogen (secondary N) is 2. The zero-order valence-corrected chi connectivity index (χ0v) is 9.96. The predicted molar refractivity (Wildman–Crippen MR) is 58.8 cm³/mol. The van der Waals surface area contributed by atoms with E-state index in [-0.39, 0.29) is 12.5 Å². The summed E-state index contributed by atoms with van der Waals surface area (Å²) in [6.07, 6.45) is 1.55. The van der Waals surface area contributed by atoms with Gasteiger partial charge in [-0.3, -0.25) is 4.79 Å². The third-order valence-electron chi connectivity index (χ3n) is 1.59. The highest BCUT2D eigenvalue weighted by molar-refractivity contribution is 9.10. The first-order valence-electron chi connectivity index (χ1n) is 4.18. The number of amides is 1. The molecule has 1 aromatic rings. The number of hydrogen-bond donors (Lipinski definition) is 2. The van der Waals surface area contributed by atoms with Crippen LogP contribution in [0, 0.1) is 0 Å². The van der Waals surface area contributed by atoms with Gasteiger partial charge in [0.25, 0.3) is 0 Å². The van der Waals surface area contributed by atoms with Gasteiger partial charge in [0, 0.05) is 7.05 Å². The van der Waals surface area contributed by atoms with Crippen LogP contribution < -0.4 is 15.4 Å². The molecule has 0 radical (unpaired) electrons. The van der Waals surface area contributed by atoms with Crippen molar-refractivity contribution in [2.45, 2.75) is 0 Å². The second kappa shape index (κ2) is 5.50. The molecule has 0 bridgehead atoms. The lowest BCUT2D eigenvalue weighted by Crippen LogP contribution is -2.26. The van der Waals surface area contributed by atoms with Gasteiger partial charge >= 0.3 is 0 Å². The number of carbonyl (C=O) groups is 1. The van der Waals surface area contributed by atoms with E-state index in [0.29, 0.717) is 16.3 Å². The standard InChI is InChI=1S/C8H11BrN4O2/c1-10-6(14)4-12-8-11-3-5(9)7(13-8)15-2/h3H,4H2,1-2H3,(H,10,14)(H,11,12,13). The Labute approximate surface area is 95.6 Å². The van der Waals surface area contributed by atoms with Crippen LogP contribution in [0.15, 0.2) is 10.7 Å². The molecule has 15 heavy (non-hydrogen) atoms. The quantitative estimate of drug-likeness (QED) is 0.832. The first-order valence-corrected chi connectivity index (χ1v) is 4.97. The van der Waals surface area contributed by atoms with E-state index < -0.39 is 0 Å². The Balaban J connectivity index is 2.66. The number of halogens is 1. The Bertz CT molecular complexity index is 358. The molecule has 1 aromatic heterocycles. The maximum Gasteiger partial charge on any atom is 0.239 e. The largest absolute Gasteiger partial charge is 0.480 e. The van der Waals surface area contributed by atoms with E-state index in [1.165, 1.54) is 7.11 Å². The van der Waals surface area contributed by atoms with Crippen LogP contribution in [0.1, 0.15) is 0 Å². The molecular formula is C8H11BrN4O2. The third-order valence-corrected chi connectivity index (χ3v) is 2.14. The number of likely N-dealkylation sites (N-methyl/N-ethyl adjacent to an activating group) is 1. The van der Waals surface area contributed by atoms with E-state index in [4.69, 9.17) is 4.74 Å². The van der Waals surface area contributed by atoms with E-state index in [1.54, 1.807) is 13.2 Å². The van der Waals surface area contributed by atoms with Crippen molar-refractivity contribution in [1.29, 1.82) is 0 Å². The molecule has 1 amide bonds. The highest BCUT2D eigenvalue weighted by atomic mass is 79.9. The van der Waals surface area contributed by atoms with Crippen LogP contribution in [0.4, 0.5) is 5.95 Å². The molecule has 0 atom stereocenters. The summed E-state index contributed by atoms with van der Waals surface area (Å²) >= 11 is 3.23. The smallest absolute Gasteiger partial charge is 0.239 e. The minimum Gasteiger partial charge on any atom is -0.480 e. The maximum absolute atomic E-state index is 10.9. The second-order valence-electron chi connectivity index (χ2n) is 2.58. The molecule has 0 aliphatic carbocycles. The third kappa shape index (κ3) is 3.35. The maximum atomic E-state index is 10.9. The van der Waals surface area contributed by atoms with E-state index in [2.05, 4.69) is 36.5 Å². The molecule has 1 heterocycles. The molecule has 0 unspecified atom stereocenters. The number of aromatic nitrogens is 2. The van der Waals surface area contributed by atoms with Gasteiger partial charge in [0.1, 0.15) is 0 Å². The molecule has 1 rings (SSSR count). The number of nitrogens with zero attached hydrogens (tertiary/aromatic N) is 2. The molecule has 82 valence electrons. The van der Waals surface area contributed by atoms with Crippen LogP contribution in [-0.2, 0) is 4.79 Å². The van der Waals surface area contributed by atoms with Gasteiger partial charge in [-0.05, 0) is 15.9 Å². The summed E-state index contributed by atoms with van der Waals surface area (Å²) in [5.74, 6) is 0.628. The van der Waals surface area contributed by atoms with Gasteiger partial charge < -0.3 is 15.4 Å². The lowest BCUT2D eigenvalue weighted by Gasteiger charge is -2.06. The zero-order valence-electron chi connectivity index (χ0n) is 8.37. The molecule has 6 nitrogen and oxygen atoms in total. The van der Waals surface area contributed by atoms with Crippen molar-refractivity contribution in [3.8, 4) is 5.88 Å². The van der Waals surface area contributed by atoms with E-state index >= 15 is 0 Å². The van der Waals surface area contributed by atoms with Crippen molar-refractivity contribution in [3.63, 3.8) is 0 Å². The fraction of sp³-hybridized carbons (Fsp3) is 0.375. The van der Waals surface area contributed by atoms with Gasteiger partial charge in [-0.1, -0.05) is 0 Å². The predicted octanol–water partition coefficient (Wildman–Crippen LogP) is 0.406. The van der Waals surface area contributed by atoms with Crippen LogP contribution in [0.2, 0.25) is 0 Å². The van der Waals surface area contributed by atoms with Gasteiger partial charge in [-0.15, -0.1) is 0 Å². The highest BCUT2D eigenvalue weighted by Crippen LogP contribution is 2.21. The van der Waals surface area contributed by atoms with Crippen LogP contribution >= 0.6 is 15.9 Å². The van der Waals surface area contributed by atoms with Gasteiger partial charge in [-0.25, -0.2) is 4.98 Å². The molecule has 0 aliphatic rings. The Hall–Kier alpha value is -1.37. The highest BCUT2D eigenvalue weighted by Gasteiger charge is 2.05. The van der Waals surface area contributed by atoms with Crippen molar-refractivity contribution in [2.75, 3.05) is 26.0 Å². The second-order valence-corrected chi connectivity index (χ2v) is 3.43. The van der Waals surface area contributed by atoms with Crippen molar-refractivity contribution in [3.05, 3.63) is 10.7 Å². The van der Waals surface area contributed by atoms with Crippen molar-refractivity contribution in [1.82, 2.24) is 15.3 Å². The summed E-state index contributed by atoms with van der Waals surface area (Å²) in [5.41, 5.74) is 0. The lowest BCUT2D eigenvalue weighted by atomic mass is 10.6. The van der Waals surface area contributed by atoms with Crippen molar-refractivity contribution >= 4 is 27.8 Å². The summed E-state index contributed by atoms with van der Waals surface area (Å²) < 4.78 is 5.64. The van der Waals surface area contributed by atoms with Gasteiger partial charge in [-0.2, -0.15) is 4.98 Å². The average Bonchev–Trinajstić information content (AvgIpc) is 2.27. The number of anilines is 1. The lowest BCUT2D eigenvalue weighted by molar-refractivity contribution is -0.118. The van der Waals surface area contributed by atoms with Gasteiger partial charge in [0.2, 0.25) is 17.7 Å². The minimum absolute atomic E-state index is 0.126. The Morgan fingerprint density at radius 2 is 2.40 bits per heavy atom. The SMILES string of the molecule is CNC(=O)CNc1ncc(Br)c(OC)n1. The number of ether oxygens (including phenoxy) is 1. The van der Waals surface area contributed by atoms with E-state index in [1.807, 2.05) is 0 Å². The molecule has 0 spiro atoms. The van der Waals surface area contributed by atoms with Crippen LogP contribution in [0.25, 0.3) is 0 Å². The summed E-state index contributed by atoms with van der Waals surface area (Å²) in [5, 5.41) is 5.24. The molecule has 7 heteroatoms. The summed E-state index contributed by atoms with van der Waals surface area (Å²) in [6, 6.07) is 0. The number of carbonyl (C=O) groups excluding carboxylic acids is 1. The molecular weight excluding hydrogens is 264 g/mol. The Kier molecular flexibility index (Phi) is 4.29. The Morgan fingerprint density at radius 3 is 3.00 bits per heavy atom. The first kappa shape index (κ1) is 11.7. The van der Waals surface area contributed by atoms with Crippen LogP contribution in [0.3, 0.4) is 0 Å². The van der Waals surface area contributed by atoms with Crippen LogP contribution in [-0.4, -0.2) is 36.6 Å². The first-order chi connectivity index (χ1) is 7.17. The molecule has 0 aromatic carbocycles. The van der Waals surface area contributed by atoms with Gasteiger partial charge in [0.05, 0.1) is 24.3 Å². The number of rotatable bonds is 4. The molecule has 0 saturated carbocycles. The number of methoxy groups -OCH3 is 1. The van der Waals surface area contributed by atoms with Crippen molar-refractivity contribution < 1.29 is 9.53 Å². The van der Waals surface area contributed by atoms with Gasteiger partial charge in [0.15, 0.2) is 0 Å². The summed E-state index contributed by atoms with van der Waals surface area (Å²) in [6.45, 7) is 0.126. The van der Waals surface area contributed by atoms with Crippen molar-refractivity contribution in [2.24, 2.45) is 0 Å². The number of hydrogen-bond acceptors (Lipinski definition) is 5. The molecule has 2 N–H and O–H groups in total. The van der Waals surface area contributed by atoms with E-state index in [9.17, 15) is 4.79 Å². The normalized spacial score (nSPS) is 9.53. The Morgan fingerprint density at radius 1 is 1.67 bits per heavy atom. The average molecular weight is 275 g/mol. The summed E-state index contributed by atoms with van der Waals surface area (Å²) in [4.78, 5) is 18.9. The van der Waals surface area contributed by atoms with Crippen LogP contribution in [0.5, 0.6) is 5.88 Å². The molecule has 0 saturated heterocycles. The molecule has 0 aliphatic heterocycles. The fourth-order valence-corrected chi connectivity index (χ4v) is 1.18.